The van der Waals surface area contributed by atoms with Crippen molar-refractivity contribution >= 4 is 39.9 Å². The van der Waals surface area contributed by atoms with Crippen LogP contribution in [-0.2, 0) is 14.3 Å². The number of ketones is 1. The second-order valence-corrected chi connectivity index (χ2v) is 8.87. The number of aliphatic hydroxyl groups excluding tert-OH is 1. The Balaban J connectivity index is 1.89. The van der Waals surface area contributed by atoms with Crippen LogP contribution in [0.5, 0.6) is 5.75 Å². The first-order chi connectivity index (χ1) is 16.8. The van der Waals surface area contributed by atoms with E-state index in [0.29, 0.717) is 22.6 Å². The normalized spacial score (nSPS) is 17.0. The van der Waals surface area contributed by atoms with Gasteiger partial charge in [-0.1, -0.05) is 41.7 Å². The van der Waals surface area contributed by atoms with E-state index >= 15 is 0 Å². The van der Waals surface area contributed by atoms with Crippen LogP contribution in [0.15, 0.2) is 54.1 Å². The van der Waals surface area contributed by atoms with E-state index < -0.39 is 23.7 Å². The molecule has 1 aromatic heterocycles. The van der Waals surface area contributed by atoms with Gasteiger partial charge in [-0.15, -0.1) is 0 Å². The first kappa shape index (κ1) is 24.2. The molecule has 3 aromatic rings. The van der Waals surface area contributed by atoms with Crippen LogP contribution < -0.4 is 9.64 Å². The number of nitrogens with zero attached hydrogens (tertiary/aromatic N) is 2. The highest BCUT2D eigenvalue weighted by Gasteiger charge is 2.48. The fourth-order valence-corrected chi connectivity index (χ4v) is 5.02. The van der Waals surface area contributed by atoms with E-state index in [1.54, 1.807) is 63.4 Å². The van der Waals surface area contributed by atoms with Gasteiger partial charge in [-0.25, -0.2) is 9.78 Å². The third-order valence-corrected chi connectivity index (χ3v) is 6.82. The molecule has 0 radical (unpaired) electrons. The molecule has 1 fully saturated rings. The minimum Gasteiger partial charge on any atom is -0.507 e. The number of Topliss-reactive ketones (excluding diaryl/α,β-unsaturated/α-hetero) is 1. The standard InChI is InChI=1S/C26H24N2O6S/c1-5-34-25(32)23-15(3)27-26(35-23)28-20(16-9-7-6-8-10-16)19(22(30)24(28)31)21(29)17-11-12-18(33-4)14(2)13-17/h6-13,20,29H,5H2,1-4H3/t20-/m0/s1. The summed E-state index contributed by atoms with van der Waals surface area (Å²) in [6.45, 7) is 5.35. The smallest absolute Gasteiger partial charge is 0.350 e. The Morgan fingerprint density at radius 2 is 1.86 bits per heavy atom. The maximum absolute atomic E-state index is 13.3. The van der Waals surface area contributed by atoms with Crippen LogP contribution in [0.2, 0.25) is 0 Å². The van der Waals surface area contributed by atoms with E-state index in [1.807, 2.05) is 13.0 Å². The first-order valence-electron chi connectivity index (χ1n) is 10.9. The van der Waals surface area contributed by atoms with Crippen LogP contribution in [0.4, 0.5) is 5.13 Å². The molecule has 1 aliphatic rings. The second kappa shape index (κ2) is 9.71. The largest absolute Gasteiger partial charge is 0.507 e. The van der Waals surface area contributed by atoms with Gasteiger partial charge >= 0.3 is 11.9 Å². The number of aryl methyl sites for hydroxylation is 2. The number of carbonyl (C=O) groups excluding carboxylic acids is 3. The Morgan fingerprint density at radius 1 is 1.14 bits per heavy atom. The van der Waals surface area contributed by atoms with Crippen molar-refractivity contribution in [1.82, 2.24) is 4.98 Å². The monoisotopic (exact) mass is 492 g/mol. The van der Waals surface area contributed by atoms with Crippen molar-refractivity contribution in [3.63, 3.8) is 0 Å². The average molecular weight is 493 g/mol. The molecule has 4 rings (SSSR count). The summed E-state index contributed by atoms with van der Waals surface area (Å²) in [6.07, 6.45) is 0. The topological polar surface area (TPSA) is 106 Å². The molecule has 8 nitrogen and oxygen atoms in total. The molecule has 0 unspecified atom stereocenters. The van der Waals surface area contributed by atoms with Crippen LogP contribution in [0.25, 0.3) is 5.76 Å². The summed E-state index contributed by atoms with van der Waals surface area (Å²) in [5.74, 6) is -1.89. The summed E-state index contributed by atoms with van der Waals surface area (Å²) in [6, 6.07) is 13.0. The lowest BCUT2D eigenvalue weighted by Gasteiger charge is -2.23. The van der Waals surface area contributed by atoms with Crippen LogP contribution in [0.3, 0.4) is 0 Å². The highest BCUT2D eigenvalue weighted by Crippen LogP contribution is 2.44. The summed E-state index contributed by atoms with van der Waals surface area (Å²) in [4.78, 5) is 44.8. The molecule has 0 saturated carbocycles. The lowest BCUT2D eigenvalue weighted by atomic mass is 9.95. The molecule has 180 valence electrons. The number of benzene rings is 2. The molecular formula is C26H24N2O6S. The van der Waals surface area contributed by atoms with E-state index in [0.717, 1.165) is 16.9 Å². The lowest BCUT2D eigenvalue weighted by molar-refractivity contribution is -0.132. The van der Waals surface area contributed by atoms with Crippen LogP contribution in [0, 0.1) is 13.8 Å². The van der Waals surface area contributed by atoms with E-state index in [9.17, 15) is 19.5 Å². The fourth-order valence-electron chi connectivity index (χ4n) is 4.03. The number of amides is 1. The summed E-state index contributed by atoms with van der Waals surface area (Å²) in [7, 11) is 1.55. The minimum atomic E-state index is -0.931. The van der Waals surface area contributed by atoms with Crippen molar-refractivity contribution in [2.75, 3.05) is 18.6 Å². The number of thiazole rings is 1. The number of carbonyl (C=O) groups is 3. The minimum absolute atomic E-state index is 0.0590. The molecule has 1 N–H and O–H groups in total. The number of hydrogen-bond acceptors (Lipinski definition) is 8. The molecule has 9 heteroatoms. The van der Waals surface area contributed by atoms with Gasteiger partial charge in [0.2, 0.25) is 0 Å². The number of aliphatic hydroxyl groups is 1. The second-order valence-electron chi connectivity index (χ2n) is 7.90. The summed E-state index contributed by atoms with van der Waals surface area (Å²) < 4.78 is 10.4. The van der Waals surface area contributed by atoms with Gasteiger partial charge < -0.3 is 14.6 Å². The molecule has 1 aliphatic heterocycles. The maximum Gasteiger partial charge on any atom is 0.350 e. The van der Waals surface area contributed by atoms with Gasteiger partial charge in [0.25, 0.3) is 5.78 Å². The third kappa shape index (κ3) is 4.30. The predicted octanol–water partition coefficient (Wildman–Crippen LogP) is 4.57. The molecular weight excluding hydrogens is 468 g/mol. The van der Waals surface area contributed by atoms with Crippen molar-refractivity contribution in [3.05, 3.63) is 81.4 Å². The Kier molecular flexibility index (Phi) is 6.70. The highest BCUT2D eigenvalue weighted by molar-refractivity contribution is 7.17. The molecule has 1 saturated heterocycles. The van der Waals surface area contributed by atoms with E-state index in [4.69, 9.17) is 9.47 Å². The average Bonchev–Trinajstić information content (AvgIpc) is 3.36. The van der Waals surface area contributed by atoms with E-state index in [2.05, 4.69) is 4.98 Å². The van der Waals surface area contributed by atoms with Crippen LogP contribution in [-0.4, -0.2) is 41.5 Å². The van der Waals surface area contributed by atoms with Gasteiger partial charge in [-0.2, -0.15) is 0 Å². The van der Waals surface area contributed by atoms with E-state index in [1.165, 1.54) is 4.90 Å². The summed E-state index contributed by atoms with van der Waals surface area (Å²) in [5.41, 5.74) is 2.09. The zero-order chi connectivity index (χ0) is 25.3. The van der Waals surface area contributed by atoms with Crippen LogP contribution >= 0.6 is 11.3 Å². The van der Waals surface area contributed by atoms with Crippen molar-refractivity contribution < 1.29 is 29.0 Å². The summed E-state index contributed by atoms with van der Waals surface area (Å²) in [5, 5.41) is 11.4. The Bertz CT molecular complexity index is 1350. The number of esters is 1. The Hall–Kier alpha value is -3.98. The molecule has 35 heavy (non-hydrogen) atoms. The maximum atomic E-state index is 13.3. The van der Waals surface area contributed by atoms with E-state index in [-0.39, 0.29) is 27.9 Å². The molecule has 1 amide bonds. The lowest BCUT2D eigenvalue weighted by Crippen LogP contribution is -2.29. The van der Waals surface area contributed by atoms with Crippen molar-refractivity contribution in [2.45, 2.75) is 26.8 Å². The van der Waals surface area contributed by atoms with Crippen molar-refractivity contribution in [3.8, 4) is 5.75 Å². The number of anilines is 1. The Labute approximate surface area is 206 Å². The van der Waals surface area contributed by atoms with Gasteiger partial charge in [-0.3, -0.25) is 14.5 Å². The van der Waals surface area contributed by atoms with Gasteiger partial charge in [0, 0.05) is 5.56 Å². The molecule has 0 bridgehead atoms. The van der Waals surface area contributed by atoms with Gasteiger partial charge in [0.1, 0.15) is 16.4 Å². The number of methoxy groups -OCH3 is 1. The number of aromatic nitrogens is 1. The molecule has 0 aliphatic carbocycles. The number of ether oxygens (including phenoxy) is 2. The molecule has 1 atom stereocenters. The van der Waals surface area contributed by atoms with Crippen LogP contribution in [0.1, 0.15) is 45.0 Å². The van der Waals surface area contributed by atoms with Crippen molar-refractivity contribution in [1.29, 1.82) is 0 Å². The number of rotatable bonds is 6. The third-order valence-electron chi connectivity index (χ3n) is 5.68. The zero-order valence-corrected chi connectivity index (χ0v) is 20.5. The van der Waals surface area contributed by atoms with Gasteiger partial charge in [-0.05, 0) is 50.1 Å². The molecule has 2 aromatic carbocycles. The quantitative estimate of drug-likeness (QED) is 0.232. The zero-order valence-electron chi connectivity index (χ0n) is 19.7. The molecule has 0 spiro atoms. The fraction of sp³-hybridized carbons (Fsp3) is 0.231. The van der Waals surface area contributed by atoms with Crippen molar-refractivity contribution in [2.24, 2.45) is 0 Å². The highest BCUT2D eigenvalue weighted by atomic mass is 32.1. The summed E-state index contributed by atoms with van der Waals surface area (Å²) >= 11 is 0.972. The Morgan fingerprint density at radius 3 is 2.49 bits per heavy atom. The predicted molar refractivity (Wildman–Crippen MR) is 132 cm³/mol. The van der Waals surface area contributed by atoms with Gasteiger partial charge in [0.05, 0.1) is 31.0 Å². The number of hydrogen-bond donors (Lipinski definition) is 1. The van der Waals surface area contributed by atoms with Gasteiger partial charge in [0.15, 0.2) is 5.13 Å². The SMILES string of the molecule is CCOC(=O)c1sc(N2C(=O)C(=O)C(=C(O)c3ccc(OC)c(C)c3)[C@@H]2c2ccccc2)nc1C. The first-order valence-corrected chi connectivity index (χ1v) is 11.8. The molecule has 2 heterocycles.